The molecule has 1 aliphatic rings. The standard InChI is InChI=1S/C12H13N3O/c1-14-7-9-6-13-15(11(9)8-14)10-4-2-3-5-12(10)16/h2-6,16H,7-8H2,1H3. The molecule has 0 saturated carbocycles. The Hall–Kier alpha value is -1.81. The lowest BCUT2D eigenvalue weighted by Gasteiger charge is -2.09. The summed E-state index contributed by atoms with van der Waals surface area (Å²) < 4.78 is 1.83. The van der Waals surface area contributed by atoms with Crippen LogP contribution in [0.4, 0.5) is 0 Å². The van der Waals surface area contributed by atoms with E-state index >= 15 is 0 Å². The molecule has 0 saturated heterocycles. The number of aromatic nitrogens is 2. The third kappa shape index (κ3) is 1.31. The van der Waals surface area contributed by atoms with Gasteiger partial charge in [0, 0.05) is 18.7 Å². The number of rotatable bonds is 1. The van der Waals surface area contributed by atoms with Crippen LogP contribution in [0.3, 0.4) is 0 Å². The van der Waals surface area contributed by atoms with E-state index in [9.17, 15) is 5.11 Å². The molecule has 0 radical (unpaired) electrons. The van der Waals surface area contributed by atoms with Crippen molar-refractivity contribution in [1.82, 2.24) is 14.7 Å². The summed E-state index contributed by atoms with van der Waals surface area (Å²) in [4.78, 5) is 2.23. The maximum absolute atomic E-state index is 9.81. The van der Waals surface area contributed by atoms with E-state index < -0.39 is 0 Å². The highest BCUT2D eigenvalue weighted by Gasteiger charge is 2.22. The maximum atomic E-state index is 9.81. The van der Waals surface area contributed by atoms with Crippen molar-refractivity contribution in [2.24, 2.45) is 0 Å². The predicted molar refractivity (Wildman–Crippen MR) is 60.4 cm³/mol. The Labute approximate surface area is 93.7 Å². The van der Waals surface area contributed by atoms with Crippen molar-refractivity contribution in [2.45, 2.75) is 13.1 Å². The van der Waals surface area contributed by atoms with E-state index in [0.29, 0.717) is 0 Å². The molecular formula is C12H13N3O. The summed E-state index contributed by atoms with van der Waals surface area (Å²) in [5, 5.41) is 14.1. The molecule has 0 fully saturated rings. The van der Waals surface area contributed by atoms with Gasteiger partial charge in [-0.1, -0.05) is 12.1 Å². The lowest BCUT2D eigenvalue weighted by Crippen LogP contribution is -2.11. The van der Waals surface area contributed by atoms with Gasteiger partial charge in [0.15, 0.2) is 0 Å². The lowest BCUT2D eigenvalue weighted by atomic mass is 10.2. The van der Waals surface area contributed by atoms with Crippen molar-refractivity contribution in [2.75, 3.05) is 7.05 Å². The molecule has 3 rings (SSSR count). The summed E-state index contributed by atoms with van der Waals surface area (Å²) in [6.07, 6.45) is 1.88. The Morgan fingerprint density at radius 2 is 2.06 bits per heavy atom. The highest BCUT2D eigenvalue weighted by Crippen LogP contribution is 2.27. The zero-order chi connectivity index (χ0) is 11.1. The number of hydrogen-bond donors (Lipinski definition) is 1. The molecule has 1 aliphatic heterocycles. The summed E-state index contributed by atoms with van der Waals surface area (Å²) in [5.41, 5.74) is 3.16. The lowest BCUT2D eigenvalue weighted by molar-refractivity contribution is 0.345. The molecular weight excluding hydrogens is 202 g/mol. The minimum Gasteiger partial charge on any atom is -0.506 e. The van der Waals surface area contributed by atoms with Gasteiger partial charge in [-0.25, -0.2) is 4.68 Å². The summed E-state index contributed by atoms with van der Waals surface area (Å²) in [5.74, 6) is 0.267. The fourth-order valence-corrected chi connectivity index (χ4v) is 2.16. The zero-order valence-electron chi connectivity index (χ0n) is 9.09. The quantitative estimate of drug-likeness (QED) is 0.784. The van der Waals surface area contributed by atoms with Crippen molar-refractivity contribution >= 4 is 0 Å². The number of nitrogens with zero attached hydrogens (tertiary/aromatic N) is 3. The van der Waals surface area contributed by atoms with Crippen LogP contribution in [-0.4, -0.2) is 26.8 Å². The van der Waals surface area contributed by atoms with Crippen molar-refractivity contribution < 1.29 is 5.11 Å². The number of para-hydroxylation sites is 2. The minimum absolute atomic E-state index is 0.267. The van der Waals surface area contributed by atoms with Gasteiger partial charge in [-0.05, 0) is 19.2 Å². The second-order valence-electron chi connectivity index (χ2n) is 4.19. The second-order valence-corrected chi connectivity index (χ2v) is 4.19. The van der Waals surface area contributed by atoms with E-state index in [1.54, 1.807) is 6.07 Å². The van der Waals surface area contributed by atoms with Gasteiger partial charge in [0.2, 0.25) is 0 Å². The van der Waals surface area contributed by atoms with Crippen molar-refractivity contribution in [3.8, 4) is 11.4 Å². The predicted octanol–water partition coefficient (Wildman–Crippen LogP) is 1.52. The van der Waals surface area contributed by atoms with E-state index in [-0.39, 0.29) is 5.75 Å². The largest absolute Gasteiger partial charge is 0.506 e. The average molecular weight is 215 g/mol. The van der Waals surface area contributed by atoms with Crippen molar-refractivity contribution in [3.05, 3.63) is 41.7 Å². The number of aromatic hydroxyl groups is 1. The van der Waals surface area contributed by atoms with Crippen LogP contribution in [0, 0.1) is 0 Å². The van der Waals surface area contributed by atoms with Crippen LogP contribution in [0.25, 0.3) is 5.69 Å². The van der Waals surface area contributed by atoms with Crippen molar-refractivity contribution in [1.29, 1.82) is 0 Å². The Morgan fingerprint density at radius 3 is 2.88 bits per heavy atom. The number of phenols is 1. The van der Waals surface area contributed by atoms with E-state index in [4.69, 9.17) is 0 Å². The van der Waals surface area contributed by atoms with Gasteiger partial charge in [-0.15, -0.1) is 0 Å². The van der Waals surface area contributed by atoms with Crippen LogP contribution in [0.15, 0.2) is 30.5 Å². The molecule has 16 heavy (non-hydrogen) atoms. The third-order valence-corrected chi connectivity index (χ3v) is 2.93. The first-order valence-corrected chi connectivity index (χ1v) is 5.28. The van der Waals surface area contributed by atoms with Crippen LogP contribution in [0.5, 0.6) is 5.75 Å². The Kier molecular flexibility index (Phi) is 1.97. The number of hydrogen-bond acceptors (Lipinski definition) is 3. The summed E-state index contributed by atoms with van der Waals surface area (Å²) >= 11 is 0. The van der Waals surface area contributed by atoms with Gasteiger partial charge in [-0.3, -0.25) is 4.90 Å². The highest BCUT2D eigenvalue weighted by atomic mass is 16.3. The average Bonchev–Trinajstić information content (AvgIpc) is 2.78. The molecule has 0 unspecified atom stereocenters. The molecule has 0 spiro atoms. The van der Waals surface area contributed by atoms with Crippen LogP contribution >= 0.6 is 0 Å². The number of phenolic OH excluding ortho intramolecular Hbond substituents is 1. The van der Waals surface area contributed by atoms with Gasteiger partial charge in [0.05, 0.1) is 11.9 Å². The SMILES string of the molecule is CN1Cc2cnn(-c3ccccc3O)c2C1. The maximum Gasteiger partial charge on any atom is 0.141 e. The summed E-state index contributed by atoms with van der Waals surface area (Å²) in [6, 6.07) is 7.28. The molecule has 0 amide bonds. The highest BCUT2D eigenvalue weighted by molar-refractivity contribution is 5.47. The Morgan fingerprint density at radius 1 is 1.25 bits per heavy atom. The van der Waals surface area contributed by atoms with E-state index in [1.807, 2.05) is 29.1 Å². The smallest absolute Gasteiger partial charge is 0.141 e. The Bertz CT molecular complexity index is 533. The minimum atomic E-state index is 0.267. The monoisotopic (exact) mass is 215 g/mol. The van der Waals surface area contributed by atoms with Gasteiger partial charge < -0.3 is 5.11 Å². The normalized spacial score (nSPS) is 15.3. The van der Waals surface area contributed by atoms with E-state index in [0.717, 1.165) is 18.8 Å². The van der Waals surface area contributed by atoms with Crippen LogP contribution in [-0.2, 0) is 13.1 Å². The fourth-order valence-electron chi connectivity index (χ4n) is 2.16. The fraction of sp³-hybridized carbons (Fsp3) is 0.250. The molecule has 82 valence electrons. The van der Waals surface area contributed by atoms with E-state index in [2.05, 4.69) is 17.0 Å². The van der Waals surface area contributed by atoms with Gasteiger partial charge in [0.1, 0.15) is 11.4 Å². The molecule has 1 aromatic heterocycles. The topological polar surface area (TPSA) is 41.3 Å². The van der Waals surface area contributed by atoms with Crippen LogP contribution in [0.1, 0.15) is 11.3 Å². The molecule has 0 aliphatic carbocycles. The van der Waals surface area contributed by atoms with E-state index in [1.165, 1.54) is 11.3 Å². The molecule has 2 aromatic rings. The zero-order valence-corrected chi connectivity index (χ0v) is 9.09. The number of fused-ring (bicyclic) bond motifs is 1. The Balaban J connectivity index is 2.12. The van der Waals surface area contributed by atoms with Crippen LogP contribution in [0.2, 0.25) is 0 Å². The van der Waals surface area contributed by atoms with Crippen molar-refractivity contribution in [3.63, 3.8) is 0 Å². The molecule has 1 N–H and O–H groups in total. The molecule has 0 bridgehead atoms. The molecule has 2 heterocycles. The number of benzene rings is 1. The van der Waals surface area contributed by atoms with Gasteiger partial charge >= 0.3 is 0 Å². The molecule has 4 heteroatoms. The summed E-state index contributed by atoms with van der Waals surface area (Å²) in [6.45, 7) is 1.81. The third-order valence-electron chi connectivity index (χ3n) is 2.93. The second kappa shape index (κ2) is 3.35. The first-order valence-electron chi connectivity index (χ1n) is 5.28. The molecule has 0 atom stereocenters. The first kappa shape index (κ1) is 9.42. The van der Waals surface area contributed by atoms with Crippen LogP contribution < -0.4 is 0 Å². The first-order chi connectivity index (χ1) is 7.75. The molecule has 1 aromatic carbocycles. The van der Waals surface area contributed by atoms with Gasteiger partial charge in [-0.2, -0.15) is 5.10 Å². The summed E-state index contributed by atoms with van der Waals surface area (Å²) in [7, 11) is 2.08. The molecule has 4 nitrogen and oxygen atoms in total. The van der Waals surface area contributed by atoms with Gasteiger partial charge in [0.25, 0.3) is 0 Å².